The molecule has 0 spiro atoms. The van der Waals surface area contributed by atoms with E-state index >= 15 is 0 Å². The van der Waals surface area contributed by atoms with Crippen molar-refractivity contribution in [2.24, 2.45) is 0 Å². The third kappa shape index (κ3) is 2.76. The van der Waals surface area contributed by atoms with E-state index in [4.69, 9.17) is 0 Å². The zero-order valence-electron chi connectivity index (χ0n) is 13.4. The summed E-state index contributed by atoms with van der Waals surface area (Å²) in [5.41, 5.74) is 1.78. The quantitative estimate of drug-likeness (QED) is 0.791. The Kier molecular flexibility index (Phi) is 3.94. The zero-order chi connectivity index (χ0) is 16.7. The standard InChI is InChI=1S/C18H18FN3OS/c1-22(9-11-5-2-3-7-13(11)19)10-15-20-17(23)16-12-6-4-8-14(12)24-18(16)21-15/h2-3,5,7H,4,6,8-10H2,1H3,(H,20,21,23). The van der Waals surface area contributed by atoms with Crippen LogP contribution in [0.25, 0.3) is 10.2 Å². The van der Waals surface area contributed by atoms with Gasteiger partial charge in [0, 0.05) is 17.0 Å². The van der Waals surface area contributed by atoms with Gasteiger partial charge in [-0.05, 0) is 37.9 Å². The summed E-state index contributed by atoms with van der Waals surface area (Å²) in [7, 11) is 1.89. The molecule has 4 rings (SSSR count). The van der Waals surface area contributed by atoms with Gasteiger partial charge in [-0.1, -0.05) is 18.2 Å². The van der Waals surface area contributed by atoms with Crippen LogP contribution in [-0.2, 0) is 25.9 Å². The van der Waals surface area contributed by atoms with Crippen LogP contribution in [0.15, 0.2) is 29.1 Å². The molecular formula is C18H18FN3OS. The molecule has 0 aliphatic heterocycles. The Morgan fingerprint density at radius 3 is 2.96 bits per heavy atom. The van der Waals surface area contributed by atoms with Gasteiger partial charge in [0.05, 0.1) is 11.9 Å². The molecule has 1 N–H and O–H groups in total. The van der Waals surface area contributed by atoms with Crippen LogP contribution >= 0.6 is 11.3 Å². The van der Waals surface area contributed by atoms with Gasteiger partial charge in [-0.25, -0.2) is 9.37 Å². The van der Waals surface area contributed by atoms with Crippen LogP contribution in [0.5, 0.6) is 0 Å². The highest BCUT2D eigenvalue weighted by Crippen LogP contribution is 2.34. The van der Waals surface area contributed by atoms with E-state index in [2.05, 4.69) is 9.97 Å². The number of aryl methyl sites for hydroxylation is 2. The summed E-state index contributed by atoms with van der Waals surface area (Å²) < 4.78 is 13.8. The molecule has 4 nitrogen and oxygen atoms in total. The highest BCUT2D eigenvalue weighted by atomic mass is 32.1. The second kappa shape index (κ2) is 6.11. The predicted molar refractivity (Wildman–Crippen MR) is 93.8 cm³/mol. The predicted octanol–water partition coefficient (Wildman–Crippen LogP) is 3.24. The molecule has 24 heavy (non-hydrogen) atoms. The Morgan fingerprint density at radius 2 is 2.12 bits per heavy atom. The van der Waals surface area contributed by atoms with Gasteiger partial charge in [0.2, 0.25) is 0 Å². The Balaban J connectivity index is 1.59. The summed E-state index contributed by atoms with van der Waals surface area (Å²) in [4.78, 5) is 24.1. The lowest BCUT2D eigenvalue weighted by atomic mass is 10.2. The normalized spacial score (nSPS) is 13.8. The lowest BCUT2D eigenvalue weighted by Gasteiger charge is -2.16. The van der Waals surface area contributed by atoms with E-state index in [9.17, 15) is 9.18 Å². The average Bonchev–Trinajstić information content (AvgIpc) is 3.09. The highest BCUT2D eigenvalue weighted by Gasteiger charge is 2.21. The molecule has 0 atom stereocenters. The first-order chi connectivity index (χ1) is 11.6. The van der Waals surface area contributed by atoms with Crippen LogP contribution in [0.1, 0.15) is 28.2 Å². The summed E-state index contributed by atoms with van der Waals surface area (Å²) >= 11 is 1.64. The molecule has 124 valence electrons. The fourth-order valence-corrected chi connectivity index (χ4v) is 4.63. The molecule has 1 aliphatic carbocycles. The number of H-pyrrole nitrogens is 1. The number of aromatic amines is 1. The van der Waals surface area contributed by atoms with Crippen LogP contribution in [0.3, 0.4) is 0 Å². The third-order valence-corrected chi connectivity index (χ3v) is 5.63. The van der Waals surface area contributed by atoms with E-state index in [1.54, 1.807) is 23.5 Å². The number of hydrogen-bond acceptors (Lipinski definition) is 4. The number of fused-ring (bicyclic) bond motifs is 3. The Bertz CT molecular complexity index is 963. The fraction of sp³-hybridized carbons (Fsp3) is 0.333. The van der Waals surface area contributed by atoms with Crippen LogP contribution in [-0.4, -0.2) is 21.9 Å². The van der Waals surface area contributed by atoms with E-state index in [1.165, 1.54) is 16.5 Å². The molecule has 2 aromatic heterocycles. The lowest BCUT2D eigenvalue weighted by molar-refractivity contribution is 0.305. The molecule has 3 aromatic rings. The highest BCUT2D eigenvalue weighted by molar-refractivity contribution is 7.18. The summed E-state index contributed by atoms with van der Waals surface area (Å²) in [6.45, 7) is 0.942. The summed E-state index contributed by atoms with van der Waals surface area (Å²) in [5, 5.41) is 0.771. The largest absolute Gasteiger partial charge is 0.309 e. The Morgan fingerprint density at radius 1 is 1.29 bits per heavy atom. The van der Waals surface area contributed by atoms with Gasteiger partial charge in [-0.15, -0.1) is 11.3 Å². The van der Waals surface area contributed by atoms with Crippen molar-refractivity contribution in [1.82, 2.24) is 14.9 Å². The number of hydrogen-bond donors (Lipinski definition) is 1. The van der Waals surface area contributed by atoms with E-state index in [0.717, 1.165) is 29.5 Å². The second-order valence-corrected chi connectivity index (χ2v) is 7.40. The van der Waals surface area contributed by atoms with Gasteiger partial charge < -0.3 is 4.98 Å². The molecule has 0 unspecified atom stereocenters. The van der Waals surface area contributed by atoms with Crippen molar-refractivity contribution in [2.45, 2.75) is 32.4 Å². The molecule has 0 saturated carbocycles. The van der Waals surface area contributed by atoms with Crippen LogP contribution in [0.4, 0.5) is 4.39 Å². The van der Waals surface area contributed by atoms with Gasteiger partial charge in [0.15, 0.2) is 0 Å². The van der Waals surface area contributed by atoms with Gasteiger partial charge >= 0.3 is 0 Å². The van der Waals surface area contributed by atoms with Crippen molar-refractivity contribution in [3.63, 3.8) is 0 Å². The second-order valence-electron chi connectivity index (χ2n) is 6.31. The topological polar surface area (TPSA) is 49.0 Å². The maximum absolute atomic E-state index is 13.8. The number of halogens is 1. The van der Waals surface area contributed by atoms with Crippen molar-refractivity contribution >= 4 is 21.6 Å². The molecule has 0 bridgehead atoms. The molecule has 1 aromatic carbocycles. The Hall–Kier alpha value is -2.05. The maximum Gasteiger partial charge on any atom is 0.259 e. The van der Waals surface area contributed by atoms with E-state index in [-0.39, 0.29) is 11.4 Å². The molecule has 0 amide bonds. The van der Waals surface area contributed by atoms with Crippen molar-refractivity contribution < 1.29 is 4.39 Å². The molecule has 0 saturated heterocycles. The molecule has 1 aliphatic rings. The number of nitrogens with zero attached hydrogens (tertiary/aromatic N) is 2. The number of benzene rings is 1. The minimum absolute atomic E-state index is 0.0475. The van der Waals surface area contributed by atoms with E-state index in [0.29, 0.717) is 24.5 Å². The first kappa shape index (κ1) is 15.5. The van der Waals surface area contributed by atoms with E-state index in [1.807, 2.05) is 18.0 Å². The lowest BCUT2D eigenvalue weighted by Crippen LogP contribution is -2.22. The monoisotopic (exact) mass is 343 g/mol. The number of aromatic nitrogens is 2. The summed E-state index contributed by atoms with van der Waals surface area (Å²) in [5.74, 6) is 0.419. The first-order valence-corrected chi connectivity index (χ1v) is 8.89. The smallest absolute Gasteiger partial charge is 0.259 e. The summed E-state index contributed by atoms with van der Waals surface area (Å²) in [6, 6.07) is 6.74. The molecule has 0 radical (unpaired) electrons. The van der Waals surface area contributed by atoms with Crippen molar-refractivity contribution in [3.8, 4) is 0 Å². The van der Waals surface area contributed by atoms with Crippen LogP contribution in [0, 0.1) is 5.82 Å². The van der Waals surface area contributed by atoms with E-state index < -0.39 is 0 Å². The zero-order valence-corrected chi connectivity index (χ0v) is 14.3. The van der Waals surface area contributed by atoms with Crippen LogP contribution in [0.2, 0.25) is 0 Å². The Labute approximate surface area is 143 Å². The average molecular weight is 343 g/mol. The minimum Gasteiger partial charge on any atom is -0.309 e. The summed E-state index contributed by atoms with van der Waals surface area (Å²) in [6.07, 6.45) is 3.16. The van der Waals surface area contributed by atoms with Crippen molar-refractivity contribution in [2.75, 3.05) is 7.05 Å². The van der Waals surface area contributed by atoms with Crippen molar-refractivity contribution in [3.05, 3.63) is 62.3 Å². The fourth-order valence-electron chi connectivity index (χ4n) is 3.35. The third-order valence-electron chi connectivity index (χ3n) is 4.44. The molecule has 6 heteroatoms. The van der Waals surface area contributed by atoms with Crippen molar-refractivity contribution in [1.29, 1.82) is 0 Å². The van der Waals surface area contributed by atoms with Gasteiger partial charge in [-0.3, -0.25) is 9.69 Å². The number of nitrogens with one attached hydrogen (secondary N) is 1. The minimum atomic E-state index is -0.212. The van der Waals surface area contributed by atoms with Crippen LogP contribution < -0.4 is 5.56 Å². The van der Waals surface area contributed by atoms with Gasteiger partial charge in [0.25, 0.3) is 5.56 Å². The maximum atomic E-state index is 13.8. The number of thiophene rings is 1. The molecular weight excluding hydrogens is 325 g/mol. The van der Waals surface area contributed by atoms with Gasteiger partial charge in [0.1, 0.15) is 16.5 Å². The number of rotatable bonds is 4. The van der Waals surface area contributed by atoms with Gasteiger partial charge in [-0.2, -0.15) is 0 Å². The molecule has 0 fully saturated rings. The SMILES string of the molecule is CN(Cc1nc2sc3c(c2c(=O)[nH]1)CCC3)Cc1ccccc1F. The molecule has 2 heterocycles. The first-order valence-electron chi connectivity index (χ1n) is 8.07.